The Balaban J connectivity index is 0.00000433. The molecule has 0 saturated carbocycles. The average molecular weight is 711 g/mol. The van der Waals surface area contributed by atoms with Crippen LogP contribution in [0.3, 0.4) is 0 Å². The number of anilines is 1. The summed E-state index contributed by atoms with van der Waals surface area (Å²) in [6.45, 7) is 3.48. The van der Waals surface area contributed by atoms with Crippen molar-refractivity contribution in [1.82, 2.24) is 19.4 Å². The molecule has 0 aliphatic carbocycles. The van der Waals surface area contributed by atoms with Crippen LogP contribution in [0.1, 0.15) is 32.0 Å². The third-order valence-electron chi connectivity index (χ3n) is 7.93. The molecule has 0 spiro atoms. The molecule has 0 radical (unpaired) electrons. The number of carbonyl (C=O) groups is 2. The summed E-state index contributed by atoms with van der Waals surface area (Å²) >= 11 is 0. The lowest BCUT2D eigenvalue weighted by atomic mass is 10.1. The Hall–Kier alpha value is -4.88. The summed E-state index contributed by atoms with van der Waals surface area (Å²) in [5, 5.41) is 13.0. The van der Waals surface area contributed by atoms with Crippen molar-refractivity contribution in [3.8, 4) is 17.4 Å². The second-order valence-electron chi connectivity index (χ2n) is 11.1. The van der Waals surface area contributed by atoms with Crippen LogP contribution in [-0.2, 0) is 19.8 Å². The minimum atomic E-state index is -4.48. The molecule has 2 aromatic heterocycles. The molecule has 3 aromatic carbocycles. The number of hydrogen-bond donors (Lipinski definition) is 2. The van der Waals surface area contributed by atoms with Crippen LogP contribution in [0.5, 0.6) is 17.4 Å². The summed E-state index contributed by atoms with van der Waals surface area (Å²) in [5.41, 5.74) is 2.09. The number of aryl methyl sites for hydroxylation is 1. The average Bonchev–Trinajstić information content (AvgIpc) is 3.38. The number of rotatable bonds is 7. The Morgan fingerprint density at radius 3 is 2.26 bits per heavy atom. The van der Waals surface area contributed by atoms with Crippen LogP contribution in [0.25, 0.3) is 10.9 Å². The maximum absolute atomic E-state index is 13.5. The van der Waals surface area contributed by atoms with Crippen molar-refractivity contribution in [2.45, 2.75) is 12.7 Å². The fraction of sp³-hybridized carbons (Fsp3) is 0.206. The molecule has 1 saturated heterocycles. The van der Waals surface area contributed by atoms with Crippen molar-refractivity contribution in [1.29, 1.82) is 0 Å². The number of benzene rings is 3. The van der Waals surface area contributed by atoms with Crippen LogP contribution in [0, 0.1) is 0 Å². The predicted octanol–water partition coefficient (Wildman–Crippen LogP) is 6.88. The molecule has 0 unspecified atom stereocenters. The SMILES string of the molecule is Br.Cn1c(C(=O)N2CCN(Cc3ccc(O)cc3)CC2)cc2ccc(Oc3ccc(NC(=O)c4ccc(C(F)(F)F)cc4)cn3)cc21. The molecule has 1 fully saturated rings. The minimum absolute atomic E-state index is 0. The number of nitrogens with one attached hydrogen (secondary N) is 1. The topological polar surface area (TPSA) is 99.9 Å². The highest BCUT2D eigenvalue weighted by atomic mass is 79.9. The van der Waals surface area contributed by atoms with Crippen LogP contribution in [0.15, 0.2) is 91.1 Å². The number of pyridine rings is 1. The molecule has 9 nitrogen and oxygen atoms in total. The lowest BCUT2D eigenvalue weighted by molar-refractivity contribution is -0.137. The summed E-state index contributed by atoms with van der Waals surface area (Å²) in [6, 6.07) is 21.6. The number of hydrogen-bond acceptors (Lipinski definition) is 6. The Morgan fingerprint density at radius 1 is 0.915 bits per heavy atom. The third-order valence-corrected chi connectivity index (χ3v) is 7.93. The molecule has 1 aliphatic heterocycles. The molecule has 0 atom stereocenters. The van der Waals surface area contributed by atoms with Gasteiger partial charge in [0.05, 0.1) is 23.0 Å². The van der Waals surface area contributed by atoms with Gasteiger partial charge in [0, 0.05) is 62.9 Å². The third kappa shape index (κ3) is 7.75. The quantitative estimate of drug-likeness (QED) is 0.191. The lowest BCUT2D eigenvalue weighted by Crippen LogP contribution is -2.48. The highest BCUT2D eigenvalue weighted by Gasteiger charge is 2.30. The van der Waals surface area contributed by atoms with Gasteiger partial charge in [-0.2, -0.15) is 13.2 Å². The maximum Gasteiger partial charge on any atom is 0.416 e. The Kier molecular flexibility index (Phi) is 9.87. The number of amides is 2. The van der Waals surface area contributed by atoms with Gasteiger partial charge < -0.3 is 24.6 Å². The number of ether oxygens (including phenoxy) is 1. The largest absolute Gasteiger partial charge is 0.508 e. The smallest absolute Gasteiger partial charge is 0.416 e. The van der Waals surface area contributed by atoms with E-state index in [1.165, 1.54) is 6.20 Å². The standard InChI is InChI=1S/C34H30F3N5O4.BrH/c1-40-29-19-28(46-31-13-9-26(20-38-31)39-32(44)23-4-7-25(8-5-23)34(35,36)37)12-6-24(29)18-30(40)33(45)42-16-14-41(15-17-42)21-22-2-10-27(43)11-3-22;/h2-13,18-20,43H,14-17,21H2,1H3,(H,39,44);1H. The molecule has 5 aromatic rings. The van der Waals surface area contributed by atoms with Crippen LogP contribution >= 0.6 is 17.0 Å². The van der Waals surface area contributed by atoms with Gasteiger partial charge in [-0.25, -0.2) is 4.98 Å². The van der Waals surface area contributed by atoms with E-state index in [1.807, 2.05) is 46.8 Å². The number of halogens is 4. The summed E-state index contributed by atoms with van der Waals surface area (Å²) in [4.78, 5) is 34.3. The van der Waals surface area contributed by atoms with E-state index in [1.54, 1.807) is 30.3 Å². The molecule has 3 heterocycles. The second kappa shape index (κ2) is 13.9. The van der Waals surface area contributed by atoms with E-state index in [2.05, 4.69) is 15.2 Å². The first-order valence-corrected chi connectivity index (χ1v) is 14.5. The summed E-state index contributed by atoms with van der Waals surface area (Å²) in [6.07, 6.45) is -3.09. The van der Waals surface area contributed by atoms with E-state index in [-0.39, 0.29) is 40.1 Å². The van der Waals surface area contributed by atoms with Gasteiger partial charge in [0.15, 0.2) is 0 Å². The molecule has 2 N–H and O–H groups in total. The number of aromatic nitrogens is 2. The van der Waals surface area contributed by atoms with Crippen molar-refractivity contribution in [2.24, 2.45) is 7.05 Å². The zero-order valence-corrected chi connectivity index (χ0v) is 26.9. The summed E-state index contributed by atoms with van der Waals surface area (Å²) < 4.78 is 46.1. The van der Waals surface area contributed by atoms with Crippen molar-refractivity contribution >= 4 is 45.4 Å². The van der Waals surface area contributed by atoms with E-state index in [4.69, 9.17) is 4.74 Å². The number of alkyl halides is 3. The molecule has 1 aliphatic rings. The molecule has 2 amide bonds. The van der Waals surface area contributed by atoms with Gasteiger partial charge in [-0.3, -0.25) is 14.5 Å². The first-order chi connectivity index (χ1) is 22.0. The highest BCUT2D eigenvalue weighted by molar-refractivity contribution is 8.93. The fourth-order valence-electron chi connectivity index (χ4n) is 5.36. The first-order valence-electron chi connectivity index (χ1n) is 14.5. The maximum atomic E-state index is 13.5. The van der Waals surface area contributed by atoms with Gasteiger partial charge >= 0.3 is 6.18 Å². The van der Waals surface area contributed by atoms with E-state index in [0.717, 1.165) is 60.4 Å². The van der Waals surface area contributed by atoms with E-state index in [0.29, 0.717) is 30.2 Å². The van der Waals surface area contributed by atoms with Gasteiger partial charge in [-0.15, -0.1) is 17.0 Å². The Morgan fingerprint density at radius 2 is 1.62 bits per heavy atom. The van der Waals surface area contributed by atoms with Gasteiger partial charge in [0.2, 0.25) is 5.88 Å². The number of phenols is 1. The fourth-order valence-corrected chi connectivity index (χ4v) is 5.36. The highest BCUT2D eigenvalue weighted by Crippen LogP contribution is 2.30. The van der Waals surface area contributed by atoms with E-state index in [9.17, 15) is 27.9 Å². The van der Waals surface area contributed by atoms with Crippen molar-refractivity contribution in [3.63, 3.8) is 0 Å². The molecule has 0 bridgehead atoms. The van der Waals surface area contributed by atoms with E-state index < -0.39 is 17.6 Å². The normalized spacial score (nSPS) is 13.7. The zero-order valence-electron chi connectivity index (χ0n) is 25.2. The molecule has 6 rings (SSSR count). The zero-order chi connectivity index (χ0) is 32.4. The monoisotopic (exact) mass is 709 g/mol. The second-order valence-corrected chi connectivity index (χ2v) is 11.1. The molecule has 47 heavy (non-hydrogen) atoms. The van der Waals surface area contributed by atoms with Gasteiger partial charge in [0.25, 0.3) is 11.8 Å². The van der Waals surface area contributed by atoms with Gasteiger partial charge in [-0.1, -0.05) is 12.1 Å². The molecular weight excluding hydrogens is 679 g/mol. The van der Waals surface area contributed by atoms with E-state index >= 15 is 0 Å². The summed E-state index contributed by atoms with van der Waals surface area (Å²) in [7, 11) is 1.84. The lowest BCUT2D eigenvalue weighted by Gasteiger charge is -2.34. The van der Waals surface area contributed by atoms with Crippen LogP contribution in [0.4, 0.5) is 18.9 Å². The van der Waals surface area contributed by atoms with Gasteiger partial charge in [0.1, 0.15) is 17.2 Å². The molecule has 13 heteroatoms. The van der Waals surface area contributed by atoms with Crippen molar-refractivity contribution in [3.05, 3.63) is 114 Å². The predicted molar refractivity (Wildman–Crippen MR) is 176 cm³/mol. The Labute approximate surface area is 279 Å². The number of nitrogens with zero attached hydrogens (tertiary/aromatic N) is 4. The number of phenolic OH excluding ortho intramolecular Hbond substituents is 1. The minimum Gasteiger partial charge on any atom is -0.508 e. The summed E-state index contributed by atoms with van der Waals surface area (Å²) in [5.74, 6) is 0.400. The van der Waals surface area contributed by atoms with Crippen LogP contribution in [-0.4, -0.2) is 62.5 Å². The van der Waals surface area contributed by atoms with Crippen molar-refractivity contribution in [2.75, 3.05) is 31.5 Å². The van der Waals surface area contributed by atoms with Crippen LogP contribution < -0.4 is 10.1 Å². The number of carbonyl (C=O) groups excluding carboxylic acids is 2. The van der Waals surface area contributed by atoms with Gasteiger partial charge in [-0.05, 0) is 66.2 Å². The number of aromatic hydroxyl groups is 1. The number of piperazine rings is 1. The first kappa shape index (κ1) is 33.5. The molecule has 244 valence electrons. The number of fused-ring (bicyclic) bond motifs is 1. The molecular formula is C34H31BrF3N5O4. The van der Waals surface area contributed by atoms with Crippen LogP contribution in [0.2, 0.25) is 0 Å². The van der Waals surface area contributed by atoms with Crippen molar-refractivity contribution < 1.29 is 32.6 Å². The Bertz CT molecular complexity index is 1870.